The maximum Gasteiger partial charge on any atom is 0.0736 e. The second-order valence-corrected chi connectivity index (χ2v) is 5.99. The molecule has 1 aromatic heterocycles. The van der Waals surface area contributed by atoms with E-state index in [1.807, 2.05) is 6.07 Å². The van der Waals surface area contributed by atoms with Gasteiger partial charge in [-0.05, 0) is 19.0 Å². The van der Waals surface area contributed by atoms with Crippen LogP contribution in [0.2, 0.25) is 0 Å². The van der Waals surface area contributed by atoms with Crippen LogP contribution >= 0.6 is 0 Å². The van der Waals surface area contributed by atoms with Crippen LogP contribution < -0.4 is 11.1 Å². The monoisotopic (exact) mass is 277 g/mol. The highest BCUT2D eigenvalue weighted by molar-refractivity contribution is 5.64. The van der Waals surface area contributed by atoms with Crippen molar-refractivity contribution in [2.45, 2.75) is 19.9 Å². The van der Waals surface area contributed by atoms with Crippen molar-refractivity contribution in [3.8, 4) is 0 Å². The van der Waals surface area contributed by atoms with E-state index in [-0.39, 0.29) is 0 Å². The van der Waals surface area contributed by atoms with Gasteiger partial charge in [0.25, 0.3) is 0 Å². The average molecular weight is 277 g/mol. The van der Waals surface area contributed by atoms with Crippen LogP contribution in [0.5, 0.6) is 0 Å². The molecule has 1 aliphatic rings. The molecule has 5 nitrogen and oxygen atoms in total. The zero-order valence-corrected chi connectivity index (χ0v) is 12.8. The molecule has 3 N–H and O–H groups in total. The first-order chi connectivity index (χ1) is 9.58. The third kappa shape index (κ3) is 3.84. The minimum Gasteiger partial charge on any atom is -0.396 e. The Bertz CT molecular complexity index is 412. The van der Waals surface area contributed by atoms with Gasteiger partial charge >= 0.3 is 0 Å². The highest BCUT2D eigenvalue weighted by atomic mass is 15.3. The molecule has 1 fully saturated rings. The fourth-order valence-corrected chi connectivity index (χ4v) is 2.72. The van der Waals surface area contributed by atoms with Crippen molar-refractivity contribution in [1.29, 1.82) is 0 Å². The average Bonchev–Trinajstić information content (AvgIpc) is 2.42. The maximum atomic E-state index is 5.93. The van der Waals surface area contributed by atoms with Crippen molar-refractivity contribution < 1.29 is 0 Å². The Kier molecular flexibility index (Phi) is 5.20. The summed E-state index contributed by atoms with van der Waals surface area (Å²) in [5.74, 6) is 0.619. The number of nitrogens with zero attached hydrogens (tertiary/aromatic N) is 3. The SMILES string of the molecule is CC(C)C(CNc1ccncc1N)N1CCN(C)CC1. The smallest absolute Gasteiger partial charge is 0.0736 e. The molecule has 1 aromatic rings. The largest absolute Gasteiger partial charge is 0.396 e. The molecular weight excluding hydrogens is 250 g/mol. The molecule has 0 aliphatic carbocycles. The quantitative estimate of drug-likeness (QED) is 0.851. The van der Waals surface area contributed by atoms with Crippen molar-refractivity contribution in [2.24, 2.45) is 5.92 Å². The zero-order chi connectivity index (χ0) is 14.5. The lowest BCUT2D eigenvalue weighted by atomic mass is 10.0. The molecule has 112 valence electrons. The van der Waals surface area contributed by atoms with E-state index in [4.69, 9.17) is 5.73 Å². The number of rotatable bonds is 5. The first-order valence-electron chi connectivity index (χ1n) is 7.44. The molecule has 1 saturated heterocycles. The van der Waals surface area contributed by atoms with Crippen molar-refractivity contribution in [3.63, 3.8) is 0 Å². The van der Waals surface area contributed by atoms with Crippen LogP contribution in [-0.2, 0) is 0 Å². The predicted octanol–water partition coefficient (Wildman–Crippen LogP) is 1.35. The normalized spacial score (nSPS) is 19.2. The lowest BCUT2D eigenvalue weighted by molar-refractivity contribution is 0.0944. The van der Waals surface area contributed by atoms with Gasteiger partial charge in [0.2, 0.25) is 0 Å². The van der Waals surface area contributed by atoms with E-state index in [1.165, 1.54) is 0 Å². The molecule has 0 bridgehead atoms. The topological polar surface area (TPSA) is 57.4 Å². The number of nitrogens with one attached hydrogen (secondary N) is 1. The Balaban J connectivity index is 1.94. The summed E-state index contributed by atoms with van der Waals surface area (Å²) in [5.41, 5.74) is 7.64. The Labute approximate surface area is 122 Å². The summed E-state index contributed by atoms with van der Waals surface area (Å²) in [6.07, 6.45) is 3.47. The zero-order valence-electron chi connectivity index (χ0n) is 12.8. The molecule has 2 heterocycles. The summed E-state index contributed by atoms with van der Waals surface area (Å²) in [6, 6.07) is 2.48. The predicted molar refractivity (Wildman–Crippen MR) is 84.8 cm³/mol. The second-order valence-electron chi connectivity index (χ2n) is 5.99. The number of hydrogen-bond acceptors (Lipinski definition) is 5. The van der Waals surface area contributed by atoms with E-state index in [0.29, 0.717) is 17.6 Å². The summed E-state index contributed by atoms with van der Waals surface area (Å²) in [5, 5.41) is 3.48. The highest BCUT2D eigenvalue weighted by Crippen LogP contribution is 2.18. The number of piperazine rings is 1. The van der Waals surface area contributed by atoms with Gasteiger partial charge in [0.15, 0.2) is 0 Å². The number of hydrogen-bond donors (Lipinski definition) is 2. The van der Waals surface area contributed by atoms with Crippen LogP contribution in [0.25, 0.3) is 0 Å². The summed E-state index contributed by atoms with van der Waals surface area (Å²) in [7, 11) is 2.19. The fourth-order valence-electron chi connectivity index (χ4n) is 2.72. The lowest BCUT2D eigenvalue weighted by Gasteiger charge is -2.40. The van der Waals surface area contributed by atoms with Gasteiger partial charge in [-0.25, -0.2) is 0 Å². The van der Waals surface area contributed by atoms with E-state index in [9.17, 15) is 0 Å². The Morgan fingerprint density at radius 3 is 2.60 bits per heavy atom. The molecule has 2 rings (SSSR count). The molecule has 0 saturated carbocycles. The summed E-state index contributed by atoms with van der Waals surface area (Å²) in [6.45, 7) is 10.1. The molecule has 20 heavy (non-hydrogen) atoms. The maximum absolute atomic E-state index is 5.93. The van der Waals surface area contributed by atoms with Gasteiger partial charge in [-0.3, -0.25) is 9.88 Å². The molecule has 5 heteroatoms. The highest BCUT2D eigenvalue weighted by Gasteiger charge is 2.24. The van der Waals surface area contributed by atoms with Crippen LogP contribution in [0.3, 0.4) is 0 Å². The van der Waals surface area contributed by atoms with E-state index in [0.717, 1.165) is 38.4 Å². The molecule has 1 aliphatic heterocycles. The van der Waals surface area contributed by atoms with E-state index in [2.05, 4.69) is 41.0 Å². The van der Waals surface area contributed by atoms with Crippen LogP contribution in [0.4, 0.5) is 11.4 Å². The number of likely N-dealkylation sites (N-methyl/N-ethyl adjacent to an activating group) is 1. The number of nitrogen functional groups attached to an aromatic ring is 1. The van der Waals surface area contributed by atoms with Gasteiger partial charge in [-0.15, -0.1) is 0 Å². The van der Waals surface area contributed by atoms with Crippen molar-refractivity contribution >= 4 is 11.4 Å². The molecule has 0 aromatic carbocycles. The van der Waals surface area contributed by atoms with E-state index in [1.54, 1.807) is 12.4 Å². The van der Waals surface area contributed by atoms with Crippen molar-refractivity contribution in [3.05, 3.63) is 18.5 Å². The molecule has 1 unspecified atom stereocenters. The van der Waals surface area contributed by atoms with Crippen LogP contribution in [0.15, 0.2) is 18.5 Å². The number of pyridine rings is 1. The standard InChI is InChI=1S/C15H27N5/c1-12(2)15(20-8-6-19(3)7-9-20)11-18-14-4-5-17-10-13(14)16/h4-5,10,12,15H,6-9,11,16H2,1-3H3,(H,17,18). The fraction of sp³-hybridized carbons (Fsp3) is 0.667. The third-order valence-corrected chi connectivity index (χ3v) is 4.13. The first kappa shape index (κ1) is 15.1. The minimum atomic E-state index is 0.538. The third-order valence-electron chi connectivity index (χ3n) is 4.13. The number of aromatic nitrogens is 1. The molecular formula is C15H27N5. The molecule has 0 amide bonds. The molecule has 1 atom stereocenters. The Morgan fingerprint density at radius 2 is 2.00 bits per heavy atom. The van der Waals surface area contributed by atoms with Gasteiger partial charge in [0.05, 0.1) is 17.6 Å². The Hall–Kier alpha value is -1.33. The lowest BCUT2D eigenvalue weighted by Crippen LogP contribution is -2.52. The van der Waals surface area contributed by atoms with Gasteiger partial charge in [0, 0.05) is 45.0 Å². The second kappa shape index (κ2) is 6.90. The van der Waals surface area contributed by atoms with Crippen LogP contribution in [-0.4, -0.2) is 60.6 Å². The van der Waals surface area contributed by atoms with E-state index < -0.39 is 0 Å². The first-order valence-corrected chi connectivity index (χ1v) is 7.44. The van der Waals surface area contributed by atoms with Gasteiger partial charge < -0.3 is 16.0 Å². The minimum absolute atomic E-state index is 0.538. The Morgan fingerprint density at radius 1 is 1.30 bits per heavy atom. The molecule has 0 spiro atoms. The van der Waals surface area contributed by atoms with Crippen LogP contribution in [0, 0.1) is 5.92 Å². The van der Waals surface area contributed by atoms with Crippen molar-refractivity contribution in [1.82, 2.24) is 14.8 Å². The number of anilines is 2. The summed E-state index contributed by atoms with van der Waals surface area (Å²) in [4.78, 5) is 9.01. The van der Waals surface area contributed by atoms with Gasteiger partial charge in [-0.1, -0.05) is 13.8 Å². The summed E-state index contributed by atoms with van der Waals surface area (Å²) >= 11 is 0. The van der Waals surface area contributed by atoms with Gasteiger partial charge in [0.1, 0.15) is 0 Å². The van der Waals surface area contributed by atoms with Crippen molar-refractivity contribution in [2.75, 3.05) is 50.8 Å². The summed E-state index contributed by atoms with van der Waals surface area (Å²) < 4.78 is 0. The van der Waals surface area contributed by atoms with Crippen LogP contribution in [0.1, 0.15) is 13.8 Å². The van der Waals surface area contributed by atoms with E-state index >= 15 is 0 Å². The van der Waals surface area contributed by atoms with Gasteiger partial charge in [-0.2, -0.15) is 0 Å². The number of nitrogens with two attached hydrogens (primary N) is 1. The molecule has 0 radical (unpaired) electrons.